The number of likely N-dealkylation sites (tertiary alicyclic amines) is 1. The maximum Gasteiger partial charge on any atom is 0.257 e. The van der Waals surface area contributed by atoms with Crippen LogP contribution in [-0.2, 0) is 0 Å². The standard InChI is InChI=1S/C22H23N3O/c1-16-7-5-10-18(13-16)19-11-6-12-25(15-19)22(26)20-14-23-24-21(20)17-8-3-2-4-9-17/h2-5,7-10,13-14,19H,6,11-12,15H2,1H3,(H,23,24)/t19-/m1/s1. The first kappa shape index (κ1) is 16.6. The molecule has 1 atom stereocenters. The number of aromatic nitrogens is 2. The van der Waals surface area contributed by atoms with Crippen LogP contribution in [0.5, 0.6) is 0 Å². The topological polar surface area (TPSA) is 49.0 Å². The Hall–Kier alpha value is -2.88. The molecule has 1 saturated heterocycles. The predicted octanol–water partition coefficient (Wildman–Crippen LogP) is 4.40. The molecule has 1 aromatic heterocycles. The van der Waals surface area contributed by atoms with E-state index >= 15 is 0 Å². The lowest BCUT2D eigenvalue weighted by molar-refractivity contribution is 0.0708. The molecule has 4 rings (SSSR count). The van der Waals surface area contributed by atoms with Crippen LogP contribution in [0, 0.1) is 6.92 Å². The highest BCUT2D eigenvalue weighted by atomic mass is 16.2. The highest BCUT2D eigenvalue weighted by Crippen LogP contribution is 2.29. The molecule has 132 valence electrons. The van der Waals surface area contributed by atoms with Crippen LogP contribution >= 0.6 is 0 Å². The SMILES string of the molecule is Cc1cccc([C@@H]2CCCN(C(=O)c3cn[nH]c3-c3ccccc3)C2)c1. The third-order valence-corrected chi connectivity index (χ3v) is 5.15. The molecule has 26 heavy (non-hydrogen) atoms. The molecule has 0 bridgehead atoms. The number of piperidine rings is 1. The number of aryl methyl sites for hydroxylation is 1. The maximum atomic E-state index is 13.2. The number of hydrogen-bond donors (Lipinski definition) is 1. The molecule has 1 aliphatic rings. The Balaban J connectivity index is 1.57. The predicted molar refractivity (Wildman–Crippen MR) is 103 cm³/mol. The second-order valence-corrected chi connectivity index (χ2v) is 7.03. The largest absolute Gasteiger partial charge is 0.338 e. The highest BCUT2D eigenvalue weighted by Gasteiger charge is 2.27. The summed E-state index contributed by atoms with van der Waals surface area (Å²) < 4.78 is 0. The van der Waals surface area contributed by atoms with Crippen LogP contribution in [0.2, 0.25) is 0 Å². The summed E-state index contributed by atoms with van der Waals surface area (Å²) in [6, 6.07) is 18.6. The van der Waals surface area contributed by atoms with Crippen molar-refractivity contribution in [2.45, 2.75) is 25.7 Å². The van der Waals surface area contributed by atoms with Gasteiger partial charge in [-0.15, -0.1) is 0 Å². The molecule has 0 unspecified atom stereocenters. The fourth-order valence-electron chi connectivity index (χ4n) is 3.80. The molecule has 1 N–H and O–H groups in total. The number of H-pyrrole nitrogens is 1. The summed E-state index contributed by atoms with van der Waals surface area (Å²) in [4.78, 5) is 15.1. The summed E-state index contributed by atoms with van der Waals surface area (Å²) in [7, 11) is 0. The molecule has 4 nitrogen and oxygen atoms in total. The van der Waals surface area contributed by atoms with E-state index in [9.17, 15) is 4.79 Å². The van der Waals surface area contributed by atoms with E-state index in [-0.39, 0.29) is 5.91 Å². The quantitative estimate of drug-likeness (QED) is 0.764. The Kier molecular flexibility index (Phi) is 4.57. The number of rotatable bonds is 3. The summed E-state index contributed by atoms with van der Waals surface area (Å²) in [5.74, 6) is 0.467. The van der Waals surface area contributed by atoms with Gasteiger partial charge in [0.2, 0.25) is 0 Å². The summed E-state index contributed by atoms with van der Waals surface area (Å²) in [5.41, 5.74) is 5.04. The van der Waals surface area contributed by atoms with Crippen LogP contribution in [0.1, 0.15) is 40.2 Å². The molecule has 2 heterocycles. The summed E-state index contributed by atoms with van der Waals surface area (Å²) in [6.45, 7) is 3.69. The minimum Gasteiger partial charge on any atom is -0.338 e. The van der Waals surface area contributed by atoms with Gasteiger partial charge >= 0.3 is 0 Å². The van der Waals surface area contributed by atoms with Gasteiger partial charge in [0.15, 0.2) is 0 Å². The Morgan fingerprint density at radius 2 is 2.00 bits per heavy atom. The second kappa shape index (κ2) is 7.16. The van der Waals surface area contributed by atoms with E-state index in [4.69, 9.17) is 0 Å². The van der Waals surface area contributed by atoms with Crippen LogP contribution in [-0.4, -0.2) is 34.1 Å². The van der Waals surface area contributed by atoms with Gasteiger partial charge in [0, 0.05) is 24.6 Å². The first-order valence-corrected chi connectivity index (χ1v) is 9.17. The van der Waals surface area contributed by atoms with Crippen molar-refractivity contribution in [3.8, 4) is 11.3 Å². The molecule has 0 aliphatic carbocycles. The van der Waals surface area contributed by atoms with Gasteiger partial charge in [0.25, 0.3) is 5.91 Å². The Bertz CT molecular complexity index is 901. The molecule has 1 fully saturated rings. The summed E-state index contributed by atoms with van der Waals surface area (Å²) in [5, 5.41) is 7.13. The van der Waals surface area contributed by atoms with E-state index in [1.165, 1.54) is 11.1 Å². The number of nitrogens with one attached hydrogen (secondary N) is 1. The van der Waals surface area contributed by atoms with Crippen LogP contribution in [0.25, 0.3) is 11.3 Å². The van der Waals surface area contributed by atoms with E-state index in [1.54, 1.807) is 6.20 Å². The highest BCUT2D eigenvalue weighted by molar-refractivity contribution is 5.99. The van der Waals surface area contributed by atoms with Gasteiger partial charge in [-0.3, -0.25) is 9.89 Å². The lowest BCUT2D eigenvalue weighted by Crippen LogP contribution is -2.39. The van der Waals surface area contributed by atoms with Crippen LogP contribution in [0.3, 0.4) is 0 Å². The van der Waals surface area contributed by atoms with Crippen molar-refractivity contribution < 1.29 is 4.79 Å². The Labute approximate surface area is 153 Å². The fraction of sp³-hybridized carbons (Fsp3) is 0.273. The molecule has 1 aliphatic heterocycles. The zero-order valence-electron chi connectivity index (χ0n) is 15.0. The average molecular weight is 345 g/mol. The molecule has 0 radical (unpaired) electrons. The first-order chi connectivity index (χ1) is 12.7. The monoisotopic (exact) mass is 345 g/mol. The smallest absolute Gasteiger partial charge is 0.257 e. The number of benzene rings is 2. The summed E-state index contributed by atoms with van der Waals surface area (Å²) in [6.07, 6.45) is 3.81. The van der Waals surface area contributed by atoms with Crippen molar-refractivity contribution in [3.05, 3.63) is 77.5 Å². The third kappa shape index (κ3) is 3.27. The van der Waals surface area contributed by atoms with Crippen LogP contribution in [0.15, 0.2) is 60.8 Å². The van der Waals surface area contributed by atoms with Crippen molar-refractivity contribution in [3.63, 3.8) is 0 Å². The molecule has 1 amide bonds. The molecule has 4 heteroatoms. The van der Waals surface area contributed by atoms with E-state index < -0.39 is 0 Å². The van der Waals surface area contributed by atoms with Crippen LogP contribution in [0.4, 0.5) is 0 Å². The number of hydrogen-bond acceptors (Lipinski definition) is 2. The number of aromatic amines is 1. The van der Waals surface area contributed by atoms with E-state index in [1.807, 2.05) is 35.2 Å². The number of nitrogens with zero attached hydrogens (tertiary/aromatic N) is 2. The normalized spacial score (nSPS) is 17.3. The lowest BCUT2D eigenvalue weighted by Gasteiger charge is -2.33. The van der Waals surface area contributed by atoms with Gasteiger partial charge in [-0.1, -0.05) is 60.2 Å². The van der Waals surface area contributed by atoms with E-state index in [2.05, 4.69) is 41.4 Å². The number of carbonyl (C=O) groups is 1. The number of carbonyl (C=O) groups excluding carboxylic acids is 1. The first-order valence-electron chi connectivity index (χ1n) is 9.17. The zero-order valence-corrected chi connectivity index (χ0v) is 15.0. The van der Waals surface area contributed by atoms with Gasteiger partial charge in [-0.05, 0) is 25.3 Å². The molecule has 0 saturated carbocycles. The maximum absolute atomic E-state index is 13.2. The summed E-state index contributed by atoms with van der Waals surface area (Å²) >= 11 is 0. The van der Waals surface area contributed by atoms with E-state index in [0.717, 1.165) is 37.2 Å². The minimum atomic E-state index is 0.0648. The minimum absolute atomic E-state index is 0.0648. The fourth-order valence-corrected chi connectivity index (χ4v) is 3.80. The van der Waals surface area contributed by atoms with Gasteiger partial charge in [0.05, 0.1) is 17.5 Å². The van der Waals surface area contributed by atoms with Crippen molar-refractivity contribution in [1.82, 2.24) is 15.1 Å². The van der Waals surface area contributed by atoms with Crippen LogP contribution < -0.4 is 0 Å². The Morgan fingerprint density at radius 1 is 1.15 bits per heavy atom. The molecule has 2 aromatic carbocycles. The van der Waals surface area contributed by atoms with Gasteiger partial charge < -0.3 is 4.90 Å². The number of amides is 1. The molecular weight excluding hydrogens is 322 g/mol. The van der Waals surface area contributed by atoms with Crippen molar-refractivity contribution in [1.29, 1.82) is 0 Å². The second-order valence-electron chi connectivity index (χ2n) is 7.03. The molecule has 3 aromatic rings. The van der Waals surface area contributed by atoms with Crippen molar-refractivity contribution >= 4 is 5.91 Å². The Morgan fingerprint density at radius 3 is 2.81 bits per heavy atom. The molecular formula is C22H23N3O. The van der Waals surface area contributed by atoms with Gasteiger partial charge in [0.1, 0.15) is 0 Å². The van der Waals surface area contributed by atoms with Crippen molar-refractivity contribution in [2.75, 3.05) is 13.1 Å². The van der Waals surface area contributed by atoms with Gasteiger partial charge in [-0.2, -0.15) is 5.10 Å². The zero-order chi connectivity index (χ0) is 17.9. The molecule has 0 spiro atoms. The van der Waals surface area contributed by atoms with Crippen molar-refractivity contribution in [2.24, 2.45) is 0 Å². The lowest BCUT2D eigenvalue weighted by atomic mass is 9.89. The van der Waals surface area contributed by atoms with E-state index in [0.29, 0.717) is 11.5 Å². The van der Waals surface area contributed by atoms with Gasteiger partial charge in [-0.25, -0.2) is 0 Å². The third-order valence-electron chi connectivity index (χ3n) is 5.15. The average Bonchev–Trinajstić information content (AvgIpc) is 3.18.